The number of rotatable bonds is 6. The van der Waals surface area contributed by atoms with Crippen molar-refractivity contribution in [1.82, 2.24) is 19.9 Å². The van der Waals surface area contributed by atoms with Gasteiger partial charge >= 0.3 is 0 Å². The van der Waals surface area contributed by atoms with Crippen LogP contribution in [-0.2, 0) is 4.74 Å². The molecule has 1 saturated heterocycles. The maximum absolute atomic E-state index is 5.38. The molecule has 0 unspecified atom stereocenters. The molecule has 1 aliphatic rings. The zero-order chi connectivity index (χ0) is 18.5. The lowest BCUT2D eigenvalue weighted by atomic mass is 10.2. The third kappa shape index (κ3) is 4.50. The van der Waals surface area contributed by atoms with Crippen molar-refractivity contribution in [1.29, 1.82) is 0 Å². The first kappa shape index (κ1) is 17.6. The minimum Gasteiger partial charge on any atom is -0.379 e. The second-order valence-corrected chi connectivity index (χ2v) is 6.60. The third-order valence-corrected chi connectivity index (χ3v) is 4.56. The molecule has 2 aromatic heterocycles. The van der Waals surface area contributed by atoms with Crippen LogP contribution < -0.4 is 10.6 Å². The summed E-state index contributed by atoms with van der Waals surface area (Å²) in [6, 6.07) is 12.0. The molecule has 0 atom stereocenters. The van der Waals surface area contributed by atoms with E-state index in [1.807, 2.05) is 31.2 Å². The van der Waals surface area contributed by atoms with E-state index in [4.69, 9.17) is 4.74 Å². The quantitative estimate of drug-likeness (QED) is 0.696. The highest BCUT2D eigenvalue weighted by molar-refractivity contribution is 5.91. The lowest BCUT2D eigenvalue weighted by Crippen LogP contribution is -2.39. The summed E-state index contributed by atoms with van der Waals surface area (Å²) in [7, 11) is 0. The Labute approximate surface area is 158 Å². The van der Waals surface area contributed by atoms with E-state index in [-0.39, 0.29) is 0 Å². The van der Waals surface area contributed by atoms with Crippen LogP contribution in [0.25, 0.3) is 10.9 Å². The number of anilines is 3. The Balaban J connectivity index is 1.45. The summed E-state index contributed by atoms with van der Waals surface area (Å²) >= 11 is 0. The van der Waals surface area contributed by atoms with Crippen molar-refractivity contribution < 1.29 is 4.74 Å². The highest BCUT2D eigenvalue weighted by atomic mass is 16.5. The van der Waals surface area contributed by atoms with E-state index < -0.39 is 0 Å². The van der Waals surface area contributed by atoms with Gasteiger partial charge in [0.15, 0.2) is 0 Å². The van der Waals surface area contributed by atoms with Crippen molar-refractivity contribution in [2.45, 2.75) is 6.92 Å². The molecule has 0 aliphatic carbocycles. The van der Waals surface area contributed by atoms with Gasteiger partial charge in [0, 0.05) is 49.5 Å². The summed E-state index contributed by atoms with van der Waals surface area (Å²) in [4.78, 5) is 16.0. The lowest BCUT2D eigenvalue weighted by Gasteiger charge is -2.26. The molecule has 3 heterocycles. The second kappa shape index (κ2) is 8.28. The van der Waals surface area contributed by atoms with E-state index in [2.05, 4.69) is 42.6 Å². The van der Waals surface area contributed by atoms with E-state index in [9.17, 15) is 0 Å². The SMILES string of the molecule is Cc1cc(Nc2cccc3cccnc23)nc(NCCN2CCOCC2)n1. The molecule has 0 saturated carbocycles. The second-order valence-electron chi connectivity index (χ2n) is 6.60. The zero-order valence-corrected chi connectivity index (χ0v) is 15.5. The Morgan fingerprint density at radius 3 is 2.85 bits per heavy atom. The molecule has 3 aromatic rings. The van der Waals surface area contributed by atoms with Gasteiger partial charge in [-0.3, -0.25) is 9.88 Å². The van der Waals surface area contributed by atoms with Crippen LogP contribution in [0.5, 0.6) is 0 Å². The van der Waals surface area contributed by atoms with Crippen molar-refractivity contribution in [3.05, 3.63) is 48.3 Å². The van der Waals surface area contributed by atoms with Crippen LogP contribution >= 0.6 is 0 Å². The van der Waals surface area contributed by atoms with E-state index in [0.717, 1.165) is 67.5 Å². The van der Waals surface area contributed by atoms with Crippen LogP contribution in [0.1, 0.15) is 5.69 Å². The number of fused-ring (bicyclic) bond motifs is 1. The number of benzene rings is 1. The van der Waals surface area contributed by atoms with Gasteiger partial charge in [0.1, 0.15) is 5.82 Å². The summed E-state index contributed by atoms with van der Waals surface area (Å²) < 4.78 is 5.38. The predicted octanol–water partition coefficient (Wildman–Crippen LogP) is 2.82. The Morgan fingerprint density at radius 1 is 1.11 bits per heavy atom. The molecule has 7 nitrogen and oxygen atoms in total. The maximum atomic E-state index is 5.38. The Hall–Kier alpha value is -2.77. The predicted molar refractivity (Wildman–Crippen MR) is 108 cm³/mol. The highest BCUT2D eigenvalue weighted by Crippen LogP contribution is 2.24. The maximum Gasteiger partial charge on any atom is 0.224 e. The molecule has 1 aliphatic heterocycles. The number of hydrogen-bond acceptors (Lipinski definition) is 7. The van der Waals surface area contributed by atoms with E-state index in [1.165, 1.54) is 0 Å². The number of nitrogens with one attached hydrogen (secondary N) is 2. The van der Waals surface area contributed by atoms with E-state index in [1.54, 1.807) is 6.20 Å². The van der Waals surface area contributed by atoms with Crippen LogP contribution in [-0.4, -0.2) is 59.2 Å². The minimum absolute atomic E-state index is 0.638. The van der Waals surface area contributed by atoms with Gasteiger partial charge in [-0.25, -0.2) is 4.98 Å². The minimum atomic E-state index is 0.638. The summed E-state index contributed by atoms with van der Waals surface area (Å²) in [5, 5.41) is 7.82. The topological polar surface area (TPSA) is 75.2 Å². The van der Waals surface area contributed by atoms with Crippen molar-refractivity contribution in [3.63, 3.8) is 0 Å². The van der Waals surface area contributed by atoms with Gasteiger partial charge in [0.2, 0.25) is 5.95 Å². The molecule has 1 fully saturated rings. The number of aromatic nitrogens is 3. The molecule has 27 heavy (non-hydrogen) atoms. The number of ether oxygens (including phenoxy) is 1. The zero-order valence-electron chi connectivity index (χ0n) is 15.5. The Kier molecular flexibility index (Phi) is 5.41. The van der Waals surface area contributed by atoms with Crippen molar-refractivity contribution in [2.24, 2.45) is 0 Å². The fourth-order valence-corrected chi connectivity index (χ4v) is 3.21. The number of hydrogen-bond donors (Lipinski definition) is 2. The molecule has 0 radical (unpaired) electrons. The van der Waals surface area contributed by atoms with Gasteiger partial charge in [-0.05, 0) is 19.1 Å². The standard InChI is InChI=1S/C20H24N6O/c1-15-14-18(24-17-6-2-4-16-5-3-7-21-19(16)17)25-20(23-15)22-8-9-26-10-12-27-13-11-26/h2-7,14H,8-13H2,1H3,(H2,22,23,24,25). The number of pyridine rings is 1. The van der Waals surface area contributed by atoms with Crippen LogP contribution in [0.2, 0.25) is 0 Å². The average Bonchev–Trinajstić information content (AvgIpc) is 2.69. The Morgan fingerprint density at radius 2 is 1.96 bits per heavy atom. The summed E-state index contributed by atoms with van der Waals surface area (Å²) in [5.41, 5.74) is 2.78. The molecule has 7 heteroatoms. The van der Waals surface area contributed by atoms with Crippen LogP contribution in [0, 0.1) is 6.92 Å². The number of morpholine rings is 1. The fourth-order valence-electron chi connectivity index (χ4n) is 3.21. The van der Waals surface area contributed by atoms with Crippen molar-refractivity contribution in [3.8, 4) is 0 Å². The smallest absolute Gasteiger partial charge is 0.224 e. The Bertz CT molecular complexity index is 905. The summed E-state index contributed by atoms with van der Waals surface area (Å²) in [6.07, 6.45) is 1.80. The average molecular weight is 364 g/mol. The van der Waals surface area contributed by atoms with E-state index in [0.29, 0.717) is 5.95 Å². The molecule has 2 N–H and O–H groups in total. The van der Waals surface area contributed by atoms with Gasteiger partial charge in [-0.15, -0.1) is 0 Å². The number of para-hydroxylation sites is 1. The molecule has 140 valence electrons. The molecule has 4 rings (SSSR count). The number of aryl methyl sites for hydroxylation is 1. The van der Waals surface area contributed by atoms with Gasteiger partial charge in [-0.1, -0.05) is 18.2 Å². The third-order valence-electron chi connectivity index (χ3n) is 4.56. The lowest BCUT2D eigenvalue weighted by molar-refractivity contribution is 0.0398. The van der Waals surface area contributed by atoms with Crippen LogP contribution in [0.4, 0.5) is 17.5 Å². The monoisotopic (exact) mass is 364 g/mol. The fraction of sp³-hybridized carbons (Fsp3) is 0.350. The molecular formula is C20H24N6O. The van der Waals surface area contributed by atoms with Gasteiger partial charge in [-0.2, -0.15) is 4.98 Å². The molecule has 0 spiro atoms. The first-order valence-corrected chi connectivity index (χ1v) is 9.28. The van der Waals surface area contributed by atoms with Crippen LogP contribution in [0.3, 0.4) is 0 Å². The van der Waals surface area contributed by atoms with Crippen molar-refractivity contribution >= 4 is 28.4 Å². The first-order chi connectivity index (χ1) is 13.3. The molecule has 1 aromatic carbocycles. The normalized spacial score (nSPS) is 15.0. The van der Waals surface area contributed by atoms with E-state index >= 15 is 0 Å². The largest absolute Gasteiger partial charge is 0.379 e. The van der Waals surface area contributed by atoms with Gasteiger partial charge in [0.05, 0.1) is 24.4 Å². The van der Waals surface area contributed by atoms with Gasteiger partial charge in [0.25, 0.3) is 0 Å². The van der Waals surface area contributed by atoms with Crippen LogP contribution in [0.15, 0.2) is 42.6 Å². The summed E-state index contributed by atoms with van der Waals surface area (Å²) in [6.45, 7) is 7.33. The highest BCUT2D eigenvalue weighted by Gasteiger charge is 2.10. The molecule has 0 bridgehead atoms. The number of nitrogens with zero attached hydrogens (tertiary/aromatic N) is 4. The van der Waals surface area contributed by atoms with Gasteiger partial charge < -0.3 is 15.4 Å². The first-order valence-electron chi connectivity index (χ1n) is 9.28. The molecular weight excluding hydrogens is 340 g/mol. The summed E-state index contributed by atoms with van der Waals surface area (Å²) in [5.74, 6) is 1.40. The molecule has 0 amide bonds. The van der Waals surface area contributed by atoms with Crippen molar-refractivity contribution in [2.75, 3.05) is 50.0 Å².